The Bertz CT molecular complexity index is 139. The Hall–Kier alpha value is -0.0400. The summed E-state index contributed by atoms with van der Waals surface area (Å²) in [6.45, 7) is 10.8. The molecule has 0 unspecified atom stereocenters. The van der Waals surface area contributed by atoms with E-state index in [-0.39, 0.29) is 0 Å². The summed E-state index contributed by atoms with van der Waals surface area (Å²) < 4.78 is 0. The van der Waals surface area contributed by atoms with Crippen LogP contribution in [0.4, 0.5) is 0 Å². The average molecular weight is 255 g/mol. The van der Waals surface area contributed by atoms with E-state index in [0.29, 0.717) is 0 Å². The van der Waals surface area contributed by atoms with Gasteiger partial charge in [0.2, 0.25) is 0 Å². The third kappa shape index (κ3) is 12.4. The molecule has 0 aliphatic carbocycles. The number of hydrogen-bond acceptors (Lipinski definition) is 1. The monoisotopic (exact) mass is 255 g/mol. The third-order valence-electron chi connectivity index (χ3n) is 3.66. The second-order valence-corrected chi connectivity index (χ2v) is 5.67. The molecule has 0 aromatic heterocycles. The molecule has 0 N–H and O–H groups in total. The van der Waals surface area contributed by atoms with Crippen LogP contribution >= 0.6 is 0 Å². The lowest BCUT2D eigenvalue weighted by molar-refractivity contribution is 0.267. The molecule has 18 heavy (non-hydrogen) atoms. The van der Waals surface area contributed by atoms with Crippen molar-refractivity contribution in [1.29, 1.82) is 0 Å². The van der Waals surface area contributed by atoms with Crippen molar-refractivity contribution in [1.82, 2.24) is 4.90 Å². The lowest BCUT2D eigenvalue weighted by atomic mass is 10.1. The van der Waals surface area contributed by atoms with Crippen LogP contribution in [0, 0.1) is 0 Å². The van der Waals surface area contributed by atoms with Gasteiger partial charge in [-0.15, -0.1) is 0 Å². The summed E-state index contributed by atoms with van der Waals surface area (Å²) in [6, 6.07) is 0. The van der Waals surface area contributed by atoms with Gasteiger partial charge in [-0.25, -0.2) is 0 Å². The molecule has 0 spiro atoms. The minimum absolute atomic E-state index is 1.30. The van der Waals surface area contributed by atoms with Gasteiger partial charge in [0.1, 0.15) is 0 Å². The quantitative estimate of drug-likeness (QED) is 0.363. The SMILES string of the molecule is CCCCCCCCCCCN(CCC)CCC. The van der Waals surface area contributed by atoms with Crippen molar-refractivity contribution >= 4 is 0 Å². The van der Waals surface area contributed by atoms with Gasteiger partial charge in [-0.2, -0.15) is 0 Å². The van der Waals surface area contributed by atoms with Crippen molar-refractivity contribution in [2.24, 2.45) is 0 Å². The topological polar surface area (TPSA) is 3.24 Å². The van der Waals surface area contributed by atoms with E-state index in [9.17, 15) is 0 Å². The van der Waals surface area contributed by atoms with Crippen LogP contribution < -0.4 is 0 Å². The molecule has 110 valence electrons. The lowest BCUT2D eigenvalue weighted by Crippen LogP contribution is -2.26. The van der Waals surface area contributed by atoms with E-state index in [1.807, 2.05) is 0 Å². The molecular weight excluding hydrogens is 218 g/mol. The highest BCUT2D eigenvalue weighted by Gasteiger charge is 2.01. The fourth-order valence-electron chi connectivity index (χ4n) is 2.61. The van der Waals surface area contributed by atoms with Gasteiger partial charge in [0.25, 0.3) is 0 Å². The number of rotatable bonds is 14. The van der Waals surface area contributed by atoms with Crippen LogP contribution in [0.2, 0.25) is 0 Å². The second kappa shape index (κ2) is 15.0. The molecule has 0 amide bonds. The molecule has 1 heteroatoms. The second-order valence-electron chi connectivity index (χ2n) is 5.67. The summed E-state index contributed by atoms with van der Waals surface area (Å²) in [5.74, 6) is 0. The minimum atomic E-state index is 1.30. The smallest absolute Gasteiger partial charge is 0.00187 e. The molecular formula is C17H37N. The fourth-order valence-corrected chi connectivity index (χ4v) is 2.61. The predicted octanol–water partition coefficient (Wildman–Crippen LogP) is 5.64. The van der Waals surface area contributed by atoms with E-state index in [1.165, 1.54) is 90.3 Å². The van der Waals surface area contributed by atoms with E-state index in [1.54, 1.807) is 0 Å². The Kier molecular flexibility index (Phi) is 15.0. The van der Waals surface area contributed by atoms with E-state index >= 15 is 0 Å². The standard InChI is InChI=1S/C17H37N/c1-4-7-8-9-10-11-12-13-14-17-18(15-5-2)16-6-3/h4-17H2,1-3H3. The lowest BCUT2D eigenvalue weighted by Gasteiger charge is -2.20. The first-order valence-electron chi connectivity index (χ1n) is 8.57. The predicted molar refractivity (Wildman–Crippen MR) is 84.2 cm³/mol. The highest BCUT2D eigenvalue weighted by atomic mass is 15.1. The molecule has 0 fully saturated rings. The van der Waals surface area contributed by atoms with Gasteiger partial charge in [0.05, 0.1) is 0 Å². The van der Waals surface area contributed by atoms with E-state index < -0.39 is 0 Å². The van der Waals surface area contributed by atoms with E-state index in [0.717, 1.165) is 0 Å². The highest BCUT2D eigenvalue weighted by Crippen LogP contribution is 2.10. The molecule has 0 radical (unpaired) electrons. The summed E-state index contributed by atoms with van der Waals surface area (Å²) in [7, 11) is 0. The maximum absolute atomic E-state index is 2.64. The number of unbranched alkanes of at least 4 members (excludes halogenated alkanes) is 8. The van der Waals surface area contributed by atoms with Gasteiger partial charge in [-0.3, -0.25) is 0 Å². The molecule has 0 aromatic carbocycles. The van der Waals surface area contributed by atoms with Crippen molar-refractivity contribution in [3.05, 3.63) is 0 Å². The van der Waals surface area contributed by atoms with Gasteiger partial charge in [-0.1, -0.05) is 72.1 Å². The van der Waals surface area contributed by atoms with Crippen LogP contribution in [-0.2, 0) is 0 Å². The van der Waals surface area contributed by atoms with Crippen molar-refractivity contribution in [2.45, 2.75) is 91.4 Å². The van der Waals surface area contributed by atoms with Crippen LogP contribution in [0.5, 0.6) is 0 Å². The molecule has 0 saturated heterocycles. The molecule has 0 bridgehead atoms. The maximum Gasteiger partial charge on any atom is -0.00187 e. The Morgan fingerprint density at radius 3 is 1.33 bits per heavy atom. The molecule has 0 atom stereocenters. The van der Waals surface area contributed by atoms with Crippen molar-refractivity contribution in [3.8, 4) is 0 Å². The Balaban J connectivity index is 3.21. The molecule has 0 aliphatic heterocycles. The van der Waals surface area contributed by atoms with Crippen molar-refractivity contribution < 1.29 is 0 Å². The molecule has 1 nitrogen and oxygen atoms in total. The zero-order valence-corrected chi connectivity index (χ0v) is 13.3. The third-order valence-corrected chi connectivity index (χ3v) is 3.66. The summed E-state index contributed by atoms with van der Waals surface area (Å²) in [5, 5.41) is 0. The first-order chi connectivity index (χ1) is 8.85. The first kappa shape index (κ1) is 18.0. The van der Waals surface area contributed by atoms with Gasteiger partial charge in [0.15, 0.2) is 0 Å². The summed E-state index contributed by atoms with van der Waals surface area (Å²) in [5.41, 5.74) is 0. The van der Waals surface area contributed by atoms with Gasteiger partial charge in [-0.05, 0) is 38.9 Å². The fraction of sp³-hybridized carbons (Fsp3) is 1.00. The maximum atomic E-state index is 2.64. The average Bonchev–Trinajstić information content (AvgIpc) is 2.37. The largest absolute Gasteiger partial charge is 0.303 e. The zero-order valence-electron chi connectivity index (χ0n) is 13.3. The normalized spacial score (nSPS) is 11.3. The van der Waals surface area contributed by atoms with E-state index in [4.69, 9.17) is 0 Å². The number of nitrogens with zero attached hydrogens (tertiary/aromatic N) is 1. The molecule has 0 aromatic rings. The Morgan fingerprint density at radius 1 is 0.444 bits per heavy atom. The van der Waals surface area contributed by atoms with E-state index in [2.05, 4.69) is 25.7 Å². The summed E-state index contributed by atoms with van der Waals surface area (Å²) in [4.78, 5) is 2.64. The Labute approximate surface area is 116 Å². The van der Waals surface area contributed by atoms with Crippen LogP contribution in [0.1, 0.15) is 91.4 Å². The van der Waals surface area contributed by atoms with Crippen LogP contribution in [0.3, 0.4) is 0 Å². The molecule has 0 aliphatic rings. The Morgan fingerprint density at radius 2 is 0.889 bits per heavy atom. The first-order valence-corrected chi connectivity index (χ1v) is 8.57. The van der Waals surface area contributed by atoms with Gasteiger partial charge < -0.3 is 4.90 Å². The molecule has 0 saturated carbocycles. The number of hydrogen-bond donors (Lipinski definition) is 0. The van der Waals surface area contributed by atoms with Crippen LogP contribution in [0.15, 0.2) is 0 Å². The minimum Gasteiger partial charge on any atom is -0.303 e. The van der Waals surface area contributed by atoms with Crippen molar-refractivity contribution in [3.63, 3.8) is 0 Å². The molecule has 0 heterocycles. The highest BCUT2D eigenvalue weighted by molar-refractivity contribution is 4.56. The zero-order chi connectivity index (χ0) is 13.5. The van der Waals surface area contributed by atoms with Gasteiger partial charge in [0, 0.05) is 0 Å². The van der Waals surface area contributed by atoms with Gasteiger partial charge >= 0.3 is 0 Å². The summed E-state index contributed by atoms with van der Waals surface area (Å²) >= 11 is 0. The summed E-state index contributed by atoms with van der Waals surface area (Å²) in [6.07, 6.45) is 15.6. The van der Waals surface area contributed by atoms with Crippen LogP contribution in [-0.4, -0.2) is 24.5 Å². The van der Waals surface area contributed by atoms with Crippen LogP contribution in [0.25, 0.3) is 0 Å². The molecule has 0 rings (SSSR count). The van der Waals surface area contributed by atoms with Crippen molar-refractivity contribution in [2.75, 3.05) is 19.6 Å².